The highest BCUT2D eigenvalue weighted by molar-refractivity contribution is 6.36. The van der Waals surface area contributed by atoms with Gasteiger partial charge in [-0.1, -0.05) is 35.3 Å². The van der Waals surface area contributed by atoms with Gasteiger partial charge in [0.2, 0.25) is 0 Å². The van der Waals surface area contributed by atoms with Crippen LogP contribution in [0, 0.1) is 23.0 Å². The second-order valence-corrected chi connectivity index (χ2v) is 10.5. The van der Waals surface area contributed by atoms with Crippen molar-refractivity contribution in [1.82, 2.24) is 9.80 Å². The summed E-state index contributed by atoms with van der Waals surface area (Å²) in [5, 5.41) is 19.1. The summed E-state index contributed by atoms with van der Waals surface area (Å²) >= 11 is 12.3. The summed E-state index contributed by atoms with van der Waals surface area (Å²) in [6.45, 7) is -0.600. The Balaban J connectivity index is 1.64. The Morgan fingerprint density at radius 3 is 2.15 bits per heavy atom. The van der Waals surface area contributed by atoms with E-state index in [1.807, 2.05) is 6.07 Å². The van der Waals surface area contributed by atoms with Crippen molar-refractivity contribution < 1.29 is 33.1 Å². The minimum absolute atomic E-state index is 0.0957. The number of amides is 4. The maximum absolute atomic E-state index is 14.2. The molecule has 0 saturated carbocycles. The van der Waals surface area contributed by atoms with Gasteiger partial charge in [0, 0.05) is 29.6 Å². The second kappa shape index (κ2) is 10.1. The first-order valence-electron chi connectivity index (χ1n) is 12.0. The van der Waals surface area contributed by atoms with Gasteiger partial charge in [-0.25, -0.2) is 23.3 Å². The highest BCUT2D eigenvalue weighted by Crippen LogP contribution is 2.47. The number of hydrogen-bond donors (Lipinski definition) is 1. The van der Waals surface area contributed by atoms with Crippen LogP contribution < -0.4 is 4.90 Å². The van der Waals surface area contributed by atoms with E-state index in [1.165, 1.54) is 42.3 Å². The number of carbonyl (C=O) groups excluding carboxylic acids is 3. The highest BCUT2D eigenvalue weighted by atomic mass is 35.5. The van der Waals surface area contributed by atoms with Crippen LogP contribution in [0.4, 0.5) is 19.3 Å². The lowest BCUT2D eigenvalue weighted by atomic mass is 9.80. The molecule has 2 aliphatic heterocycles. The molecule has 2 atom stereocenters. The number of benzene rings is 3. The number of carboxylic acids is 1. The zero-order valence-electron chi connectivity index (χ0n) is 21.1. The molecule has 2 heterocycles. The molecule has 9 nitrogen and oxygen atoms in total. The van der Waals surface area contributed by atoms with Crippen molar-refractivity contribution in [3.05, 3.63) is 98.5 Å². The molecule has 5 rings (SSSR count). The minimum Gasteiger partial charge on any atom is -0.478 e. The fraction of sp³-hybridized carbons (Fsp3) is 0.179. The SMILES string of the molecule is CN1C(=O)N(c2cc(Cl)cc(Cl)c2)C(=O)C12CN(C(=O)c1cc(F)c(F)cc1C(=O)O)C[C@H]2c1ccc(C#N)cc1. The van der Waals surface area contributed by atoms with E-state index >= 15 is 0 Å². The van der Waals surface area contributed by atoms with E-state index in [4.69, 9.17) is 23.2 Å². The van der Waals surface area contributed by atoms with E-state index in [2.05, 4.69) is 0 Å². The Morgan fingerprint density at radius 2 is 1.59 bits per heavy atom. The first-order valence-corrected chi connectivity index (χ1v) is 12.7. The van der Waals surface area contributed by atoms with Crippen LogP contribution in [0.1, 0.15) is 37.8 Å². The van der Waals surface area contributed by atoms with Gasteiger partial charge < -0.3 is 14.9 Å². The average molecular weight is 599 g/mol. The number of urea groups is 1. The standard InChI is InChI=1S/C28H18Cl2F2N4O5/c1-34-27(41)36(18-7-16(29)6-17(30)8-18)26(40)28(34)13-35(12-21(28)15-4-2-14(11-33)3-5-15)24(37)19-9-22(31)23(32)10-20(19)25(38)39/h2-10,21H,12-13H2,1H3,(H,38,39)/t21-,28?/m0/s1. The lowest BCUT2D eigenvalue weighted by molar-refractivity contribution is -0.124. The molecule has 13 heteroatoms. The molecule has 1 N–H and O–H groups in total. The van der Waals surface area contributed by atoms with Crippen LogP contribution in [0.3, 0.4) is 0 Å². The molecule has 0 aromatic heterocycles. The van der Waals surface area contributed by atoms with Gasteiger partial charge in [-0.2, -0.15) is 5.26 Å². The lowest BCUT2D eigenvalue weighted by Crippen LogP contribution is -2.54. The molecule has 2 aliphatic rings. The lowest BCUT2D eigenvalue weighted by Gasteiger charge is -2.33. The quantitative estimate of drug-likeness (QED) is 0.425. The maximum Gasteiger partial charge on any atom is 0.336 e. The number of rotatable bonds is 4. The molecule has 2 fully saturated rings. The van der Waals surface area contributed by atoms with Crippen LogP contribution in [-0.4, -0.2) is 64.4 Å². The number of imide groups is 1. The number of anilines is 1. The van der Waals surface area contributed by atoms with Crippen LogP contribution >= 0.6 is 23.2 Å². The van der Waals surface area contributed by atoms with Crippen LogP contribution in [0.15, 0.2) is 54.6 Å². The second-order valence-electron chi connectivity index (χ2n) is 9.62. The molecule has 3 aromatic carbocycles. The molecular weight excluding hydrogens is 581 g/mol. The predicted octanol–water partition coefficient (Wildman–Crippen LogP) is 4.92. The van der Waals surface area contributed by atoms with E-state index in [0.29, 0.717) is 23.3 Å². The van der Waals surface area contributed by atoms with Crippen molar-refractivity contribution in [2.75, 3.05) is 25.0 Å². The molecule has 1 unspecified atom stereocenters. The average Bonchev–Trinajstić information content (AvgIpc) is 3.42. The van der Waals surface area contributed by atoms with E-state index in [-0.39, 0.29) is 22.3 Å². The van der Waals surface area contributed by atoms with Gasteiger partial charge in [0.05, 0.1) is 35.0 Å². The van der Waals surface area contributed by atoms with Crippen molar-refractivity contribution in [2.24, 2.45) is 0 Å². The molecule has 1 spiro atoms. The van der Waals surface area contributed by atoms with Crippen LogP contribution in [-0.2, 0) is 4.79 Å². The van der Waals surface area contributed by atoms with E-state index in [0.717, 1.165) is 9.80 Å². The topological polar surface area (TPSA) is 122 Å². The Labute approximate surface area is 241 Å². The van der Waals surface area contributed by atoms with Crippen LogP contribution in [0.25, 0.3) is 0 Å². The van der Waals surface area contributed by atoms with Crippen molar-refractivity contribution in [3.63, 3.8) is 0 Å². The number of carboxylic acid groups (broad SMARTS) is 1. The van der Waals surface area contributed by atoms with Gasteiger partial charge in [-0.15, -0.1) is 0 Å². The highest BCUT2D eigenvalue weighted by Gasteiger charge is 2.65. The number of nitrogens with zero attached hydrogens (tertiary/aromatic N) is 4. The van der Waals surface area contributed by atoms with E-state index in [1.54, 1.807) is 12.1 Å². The molecular formula is C28H18Cl2F2N4O5. The van der Waals surface area contributed by atoms with Crippen molar-refractivity contribution >= 4 is 52.7 Å². The summed E-state index contributed by atoms with van der Waals surface area (Å²) < 4.78 is 28.0. The molecule has 4 amide bonds. The number of likely N-dealkylation sites (tertiary alicyclic amines) is 1. The van der Waals surface area contributed by atoms with Crippen LogP contribution in [0.2, 0.25) is 10.0 Å². The predicted molar refractivity (Wildman–Crippen MR) is 143 cm³/mol. The number of likely N-dealkylation sites (N-methyl/N-ethyl adjacent to an activating group) is 1. The molecule has 0 radical (unpaired) electrons. The first kappa shape index (κ1) is 28.0. The number of nitriles is 1. The summed E-state index contributed by atoms with van der Waals surface area (Å²) in [6, 6.07) is 12.6. The third kappa shape index (κ3) is 4.45. The zero-order valence-corrected chi connectivity index (χ0v) is 22.6. The Morgan fingerprint density at radius 1 is 1.00 bits per heavy atom. The van der Waals surface area contributed by atoms with Crippen molar-refractivity contribution in [1.29, 1.82) is 5.26 Å². The molecule has 3 aromatic rings. The van der Waals surface area contributed by atoms with Gasteiger partial charge in [0.25, 0.3) is 11.8 Å². The normalized spacial score (nSPS) is 20.2. The van der Waals surface area contributed by atoms with Crippen LogP contribution in [0.5, 0.6) is 0 Å². The Hall–Kier alpha value is -4.53. The van der Waals surface area contributed by atoms with E-state index < -0.39 is 64.6 Å². The molecule has 208 valence electrons. The fourth-order valence-corrected chi connectivity index (χ4v) is 5.95. The smallest absolute Gasteiger partial charge is 0.336 e. The van der Waals surface area contributed by atoms with Gasteiger partial charge in [-0.3, -0.25) is 9.59 Å². The monoisotopic (exact) mass is 598 g/mol. The minimum atomic E-state index is -1.70. The fourth-order valence-electron chi connectivity index (χ4n) is 5.43. The van der Waals surface area contributed by atoms with Gasteiger partial charge in [0.15, 0.2) is 11.6 Å². The number of aromatic carboxylic acids is 1. The number of halogens is 4. The number of carbonyl (C=O) groups is 4. The van der Waals surface area contributed by atoms with E-state index in [9.17, 15) is 38.3 Å². The largest absolute Gasteiger partial charge is 0.478 e. The Bertz CT molecular complexity index is 1670. The first-order chi connectivity index (χ1) is 19.4. The summed E-state index contributed by atoms with van der Waals surface area (Å²) in [7, 11) is 1.39. The summed E-state index contributed by atoms with van der Waals surface area (Å²) in [4.78, 5) is 56.5. The van der Waals surface area contributed by atoms with Crippen molar-refractivity contribution in [3.8, 4) is 6.07 Å². The molecule has 41 heavy (non-hydrogen) atoms. The van der Waals surface area contributed by atoms with Gasteiger partial charge in [-0.05, 0) is 48.0 Å². The third-order valence-corrected chi connectivity index (χ3v) is 7.85. The molecule has 2 saturated heterocycles. The zero-order chi connectivity index (χ0) is 29.8. The summed E-state index contributed by atoms with van der Waals surface area (Å²) in [6.07, 6.45) is 0. The molecule has 0 aliphatic carbocycles. The van der Waals surface area contributed by atoms with Gasteiger partial charge >= 0.3 is 12.0 Å². The number of hydrogen-bond acceptors (Lipinski definition) is 5. The van der Waals surface area contributed by atoms with Crippen molar-refractivity contribution in [2.45, 2.75) is 11.5 Å². The maximum atomic E-state index is 14.2. The summed E-state index contributed by atoms with van der Waals surface area (Å²) in [5.41, 5.74) is -2.15. The van der Waals surface area contributed by atoms with Gasteiger partial charge in [0.1, 0.15) is 5.54 Å². The molecule has 0 bridgehead atoms. The Kier molecular flexibility index (Phi) is 6.93. The third-order valence-electron chi connectivity index (χ3n) is 7.42. The summed E-state index contributed by atoms with van der Waals surface area (Å²) in [5.74, 6) is -7.08.